The van der Waals surface area contributed by atoms with Gasteiger partial charge < -0.3 is 10.4 Å². The van der Waals surface area contributed by atoms with Crippen LogP contribution in [-0.4, -0.2) is 36.5 Å². The number of amides is 1. The standard InChI is InChI=1S/C16H14ClN5O3/c1-21-14(16(24)25)13(7-18-21)15(23)20-12-6-19-22(9-12)8-10-2-4-11(17)5-3-10/h2-7,9H,8H2,1H3,(H,20,23)(H,24,25). The van der Waals surface area contributed by atoms with Crippen LogP contribution in [0.4, 0.5) is 5.69 Å². The van der Waals surface area contributed by atoms with E-state index in [1.54, 1.807) is 23.0 Å². The van der Waals surface area contributed by atoms with Crippen molar-refractivity contribution >= 4 is 29.2 Å². The molecule has 0 bridgehead atoms. The van der Waals surface area contributed by atoms with Crippen molar-refractivity contribution in [3.8, 4) is 0 Å². The lowest BCUT2D eigenvalue weighted by molar-refractivity contribution is 0.0680. The van der Waals surface area contributed by atoms with Crippen LogP contribution in [0.3, 0.4) is 0 Å². The topological polar surface area (TPSA) is 102 Å². The number of nitrogens with zero attached hydrogens (tertiary/aromatic N) is 4. The van der Waals surface area contributed by atoms with E-state index in [1.807, 2.05) is 12.1 Å². The van der Waals surface area contributed by atoms with Gasteiger partial charge in [-0.1, -0.05) is 23.7 Å². The second-order valence-electron chi connectivity index (χ2n) is 5.34. The largest absolute Gasteiger partial charge is 0.477 e. The zero-order valence-corrected chi connectivity index (χ0v) is 13.9. The normalized spacial score (nSPS) is 10.6. The van der Waals surface area contributed by atoms with Gasteiger partial charge in [0.05, 0.1) is 30.2 Å². The van der Waals surface area contributed by atoms with Gasteiger partial charge in [-0.3, -0.25) is 14.2 Å². The molecule has 0 spiro atoms. The molecule has 25 heavy (non-hydrogen) atoms. The molecule has 0 aliphatic heterocycles. The maximum atomic E-state index is 12.3. The Hall–Kier alpha value is -3.13. The van der Waals surface area contributed by atoms with Crippen molar-refractivity contribution in [1.29, 1.82) is 0 Å². The van der Waals surface area contributed by atoms with Crippen LogP contribution in [0.25, 0.3) is 0 Å². The molecule has 0 unspecified atom stereocenters. The number of aromatic carboxylic acids is 1. The predicted molar refractivity (Wildman–Crippen MR) is 90.9 cm³/mol. The highest BCUT2D eigenvalue weighted by Gasteiger charge is 2.21. The summed E-state index contributed by atoms with van der Waals surface area (Å²) in [6, 6.07) is 7.35. The van der Waals surface area contributed by atoms with Gasteiger partial charge in [0.1, 0.15) is 0 Å². The smallest absolute Gasteiger partial charge is 0.354 e. The number of halogens is 1. The summed E-state index contributed by atoms with van der Waals surface area (Å²) >= 11 is 5.85. The molecule has 0 fully saturated rings. The lowest BCUT2D eigenvalue weighted by Crippen LogP contribution is -2.16. The minimum absolute atomic E-state index is 0.0135. The number of hydrogen-bond donors (Lipinski definition) is 2. The molecule has 2 aromatic heterocycles. The zero-order chi connectivity index (χ0) is 18.0. The van der Waals surface area contributed by atoms with E-state index in [2.05, 4.69) is 15.5 Å². The van der Waals surface area contributed by atoms with Crippen LogP contribution in [0.1, 0.15) is 26.4 Å². The second-order valence-corrected chi connectivity index (χ2v) is 5.78. The molecule has 0 saturated carbocycles. The number of aromatic nitrogens is 4. The van der Waals surface area contributed by atoms with Crippen molar-refractivity contribution < 1.29 is 14.7 Å². The molecule has 2 heterocycles. The van der Waals surface area contributed by atoms with Gasteiger partial charge in [-0.2, -0.15) is 10.2 Å². The van der Waals surface area contributed by atoms with Crippen LogP contribution < -0.4 is 5.32 Å². The van der Waals surface area contributed by atoms with Gasteiger partial charge in [0, 0.05) is 18.3 Å². The molecule has 0 radical (unpaired) electrons. The third-order valence-corrected chi connectivity index (χ3v) is 3.79. The summed E-state index contributed by atoms with van der Waals surface area (Å²) in [6.45, 7) is 0.514. The van der Waals surface area contributed by atoms with Gasteiger partial charge >= 0.3 is 5.97 Å². The fourth-order valence-electron chi connectivity index (χ4n) is 2.35. The Labute approximate surface area is 147 Å². The third-order valence-electron chi connectivity index (χ3n) is 3.53. The third kappa shape index (κ3) is 3.69. The molecule has 0 atom stereocenters. The summed E-state index contributed by atoms with van der Waals surface area (Å²) in [5.74, 6) is -1.78. The van der Waals surface area contributed by atoms with Crippen molar-refractivity contribution in [3.63, 3.8) is 0 Å². The van der Waals surface area contributed by atoms with Crippen LogP contribution in [0.5, 0.6) is 0 Å². The van der Waals surface area contributed by atoms with Crippen molar-refractivity contribution in [2.45, 2.75) is 6.54 Å². The lowest BCUT2D eigenvalue weighted by atomic mass is 10.2. The summed E-state index contributed by atoms with van der Waals surface area (Å²) in [5, 5.41) is 20.4. The Kier molecular flexibility index (Phi) is 4.53. The number of aryl methyl sites for hydroxylation is 1. The Bertz CT molecular complexity index is 930. The molecule has 3 rings (SSSR count). The highest BCUT2D eigenvalue weighted by molar-refractivity contribution is 6.30. The van der Waals surface area contributed by atoms with E-state index >= 15 is 0 Å². The monoisotopic (exact) mass is 359 g/mol. The van der Waals surface area contributed by atoms with E-state index in [0.29, 0.717) is 17.3 Å². The van der Waals surface area contributed by atoms with Crippen molar-refractivity contribution in [3.05, 3.63) is 64.7 Å². The van der Waals surface area contributed by atoms with E-state index in [9.17, 15) is 14.7 Å². The number of anilines is 1. The first-order valence-corrected chi connectivity index (χ1v) is 7.65. The van der Waals surface area contributed by atoms with Gasteiger partial charge in [-0.15, -0.1) is 0 Å². The molecule has 8 nitrogen and oxygen atoms in total. The number of carbonyl (C=O) groups is 2. The average Bonchev–Trinajstić information content (AvgIpc) is 3.16. The van der Waals surface area contributed by atoms with E-state index in [4.69, 9.17) is 11.6 Å². The van der Waals surface area contributed by atoms with Crippen LogP contribution in [0, 0.1) is 0 Å². The molecule has 1 amide bonds. The molecular weight excluding hydrogens is 346 g/mol. The summed E-state index contributed by atoms with van der Waals surface area (Å²) in [5.41, 5.74) is 1.27. The first-order chi connectivity index (χ1) is 11.9. The van der Waals surface area contributed by atoms with Crippen LogP contribution in [0.2, 0.25) is 5.02 Å². The summed E-state index contributed by atoms with van der Waals surface area (Å²) < 4.78 is 2.79. The van der Waals surface area contributed by atoms with Crippen LogP contribution in [0.15, 0.2) is 42.9 Å². The minimum atomic E-state index is -1.22. The first kappa shape index (κ1) is 16.7. The van der Waals surface area contributed by atoms with E-state index < -0.39 is 11.9 Å². The fourth-order valence-corrected chi connectivity index (χ4v) is 2.47. The van der Waals surface area contributed by atoms with Crippen LogP contribution in [-0.2, 0) is 13.6 Å². The quantitative estimate of drug-likeness (QED) is 0.727. The molecule has 2 N–H and O–H groups in total. The predicted octanol–water partition coefficient (Wildman–Crippen LogP) is 2.27. The number of carboxylic acids is 1. The number of carbonyl (C=O) groups excluding carboxylic acids is 1. The Morgan fingerprint density at radius 2 is 1.92 bits per heavy atom. The lowest BCUT2D eigenvalue weighted by Gasteiger charge is -2.03. The maximum Gasteiger partial charge on any atom is 0.354 e. The first-order valence-electron chi connectivity index (χ1n) is 7.27. The molecule has 0 aliphatic rings. The van der Waals surface area contributed by atoms with Crippen LogP contribution >= 0.6 is 11.6 Å². The molecule has 9 heteroatoms. The summed E-state index contributed by atoms with van der Waals surface area (Å²) in [7, 11) is 1.46. The van der Waals surface area contributed by atoms with Crippen molar-refractivity contribution in [2.24, 2.45) is 7.05 Å². The molecular formula is C16H14ClN5O3. The summed E-state index contributed by atoms with van der Waals surface area (Å²) in [4.78, 5) is 23.5. The SMILES string of the molecule is Cn1ncc(C(=O)Nc2cnn(Cc3ccc(Cl)cc3)c2)c1C(=O)O. The molecule has 3 aromatic rings. The molecule has 0 aliphatic carbocycles. The van der Waals surface area contributed by atoms with E-state index in [0.717, 1.165) is 10.2 Å². The highest BCUT2D eigenvalue weighted by Crippen LogP contribution is 2.14. The van der Waals surface area contributed by atoms with Gasteiger partial charge in [0.15, 0.2) is 5.69 Å². The average molecular weight is 360 g/mol. The van der Waals surface area contributed by atoms with Crippen molar-refractivity contribution in [1.82, 2.24) is 19.6 Å². The Morgan fingerprint density at radius 1 is 1.20 bits per heavy atom. The fraction of sp³-hybridized carbons (Fsp3) is 0.125. The summed E-state index contributed by atoms with van der Waals surface area (Å²) in [6.07, 6.45) is 4.37. The van der Waals surface area contributed by atoms with E-state index in [-0.39, 0.29) is 11.3 Å². The number of nitrogens with one attached hydrogen (secondary N) is 1. The maximum absolute atomic E-state index is 12.3. The minimum Gasteiger partial charge on any atom is -0.477 e. The number of benzene rings is 1. The number of carboxylic acid groups (broad SMARTS) is 1. The van der Waals surface area contributed by atoms with Gasteiger partial charge in [-0.05, 0) is 17.7 Å². The van der Waals surface area contributed by atoms with Gasteiger partial charge in [-0.25, -0.2) is 4.79 Å². The molecule has 128 valence electrons. The zero-order valence-electron chi connectivity index (χ0n) is 13.2. The number of rotatable bonds is 5. The Balaban J connectivity index is 1.72. The van der Waals surface area contributed by atoms with E-state index in [1.165, 1.54) is 19.4 Å². The van der Waals surface area contributed by atoms with Gasteiger partial charge in [0.25, 0.3) is 5.91 Å². The Morgan fingerprint density at radius 3 is 2.60 bits per heavy atom. The molecule has 1 aromatic carbocycles. The number of hydrogen-bond acceptors (Lipinski definition) is 4. The molecule has 0 saturated heterocycles. The second kappa shape index (κ2) is 6.78. The van der Waals surface area contributed by atoms with Crippen molar-refractivity contribution in [2.75, 3.05) is 5.32 Å². The van der Waals surface area contributed by atoms with Gasteiger partial charge in [0.2, 0.25) is 0 Å². The highest BCUT2D eigenvalue weighted by atomic mass is 35.5.